The van der Waals surface area contributed by atoms with Gasteiger partial charge in [0.15, 0.2) is 0 Å². The van der Waals surface area contributed by atoms with E-state index < -0.39 is 0 Å². The van der Waals surface area contributed by atoms with Crippen LogP contribution in [0.25, 0.3) is 0 Å². The number of nitrogens with zero attached hydrogens (tertiary/aromatic N) is 1. The summed E-state index contributed by atoms with van der Waals surface area (Å²) in [6, 6.07) is 0.643. The second-order valence-electron chi connectivity index (χ2n) is 5.23. The molecule has 0 aliphatic carbocycles. The minimum Gasteiger partial charge on any atom is -0.317 e. The molecule has 0 spiro atoms. The minimum atomic E-state index is 0.382. The Balaban J connectivity index is 3.68. The van der Waals surface area contributed by atoms with E-state index in [2.05, 4.69) is 51.9 Å². The van der Waals surface area contributed by atoms with Gasteiger partial charge in [-0.25, -0.2) is 0 Å². The predicted octanol–water partition coefficient (Wildman–Crippen LogP) is 2.35. The largest absolute Gasteiger partial charge is 0.317 e. The van der Waals surface area contributed by atoms with Crippen LogP contribution in [0, 0.1) is 5.41 Å². The Kier molecular flexibility index (Phi) is 6.38. The second-order valence-corrected chi connectivity index (χ2v) is 5.23. The van der Waals surface area contributed by atoms with Crippen LogP contribution in [0.5, 0.6) is 0 Å². The molecule has 0 saturated heterocycles. The van der Waals surface area contributed by atoms with Crippen LogP contribution in [0.15, 0.2) is 0 Å². The molecule has 0 saturated carbocycles. The molecule has 86 valence electrons. The zero-order valence-electron chi connectivity index (χ0n) is 10.9. The molecule has 0 aromatic carbocycles. The van der Waals surface area contributed by atoms with Crippen molar-refractivity contribution in [2.24, 2.45) is 5.41 Å². The van der Waals surface area contributed by atoms with E-state index >= 15 is 0 Å². The lowest BCUT2D eigenvalue weighted by atomic mass is 9.87. The Morgan fingerprint density at radius 1 is 1.29 bits per heavy atom. The SMILES string of the molecule is CCNCCCN(C)C(C)C(C)(C)C. The van der Waals surface area contributed by atoms with Crippen molar-refractivity contribution < 1.29 is 0 Å². The zero-order valence-corrected chi connectivity index (χ0v) is 10.9. The summed E-state index contributed by atoms with van der Waals surface area (Å²) in [5.74, 6) is 0. The van der Waals surface area contributed by atoms with Crippen LogP contribution in [0.3, 0.4) is 0 Å². The molecule has 1 unspecified atom stereocenters. The van der Waals surface area contributed by atoms with Gasteiger partial charge >= 0.3 is 0 Å². The van der Waals surface area contributed by atoms with E-state index in [1.54, 1.807) is 0 Å². The maximum Gasteiger partial charge on any atom is 0.0112 e. The van der Waals surface area contributed by atoms with Crippen molar-refractivity contribution >= 4 is 0 Å². The first-order valence-corrected chi connectivity index (χ1v) is 5.80. The highest BCUT2D eigenvalue weighted by Crippen LogP contribution is 2.22. The quantitative estimate of drug-likeness (QED) is 0.662. The van der Waals surface area contributed by atoms with E-state index in [4.69, 9.17) is 0 Å². The van der Waals surface area contributed by atoms with Crippen molar-refractivity contribution in [1.29, 1.82) is 0 Å². The summed E-state index contributed by atoms with van der Waals surface area (Å²) in [5, 5.41) is 3.35. The monoisotopic (exact) mass is 200 g/mol. The van der Waals surface area contributed by atoms with Gasteiger partial charge in [0.1, 0.15) is 0 Å². The van der Waals surface area contributed by atoms with Gasteiger partial charge in [0.2, 0.25) is 0 Å². The molecule has 0 aromatic rings. The third kappa shape index (κ3) is 5.61. The Hall–Kier alpha value is -0.0800. The normalized spacial score (nSPS) is 14.8. The van der Waals surface area contributed by atoms with Crippen molar-refractivity contribution in [1.82, 2.24) is 10.2 Å². The molecule has 0 heterocycles. The highest BCUT2D eigenvalue weighted by atomic mass is 15.1. The van der Waals surface area contributed by atoms with Gasteiger partial charge < -0.3 is 10.2 Å². The van der Waals surface area contributed by atoms with Gasteiger partial charge in [0, 0.05) is 6.04 Å². The van der Waals surface area contributed by atoms with Gasteiger partial charge in [-0.2, -0.15) is 0 Å². The molecule has 0 radical (unpaired) electrons. The first-order chi connectivity index (χ1) is 6.39. The highest BCUT2D eigenvalue weighted by molar-refractivity contribution is 4.77. The van der Waals surface area contributed by atoms with Crippen LogP contribution in [0.1, 0.15) is 41.0 Å². The first kappa shape index (κ1) is 13.9. The molecule has 0 rings (SSSR count). The Labute approximate surface area is 90.1 Å². The average Bonchev–Trinajstić information content (AvgIpc) is 2.09. The van der Waals surface area contributed by atoms with Crippen LogP contribution in [0.4, 0.5) is 0 Å². The Morgan fingerprint density at radius 2 is 1.86 bits per heavy atom. The fourth-order valence-corrected chi connectivity index (χ4v) is 1.49. The van der Waals surface area contributed by atoms with E-state index in [0.29, 0.717) is 11.5 Å². The van der Waals surface area contributed by atoms with Gasteiger partial charge in [0.25, 0.3) is 0 Å². The standard InChI is InChI=1S/C12H28N2/c1-7-13-9-8-10-14(6)11(2)12(3,4)5/h11,13H,7-10H2,1-6H3. The summed E-state index contributed by atoms with van der Waals surface area (Å²) in [4.78, 5) is 2.46. The summed E-state index contributed by atoms with van der Waals surface area (Å²) < 4.78 is 0. The van der Waals surface area contributed by atoms with Crippen LogP contribution >= 0.6 is 0 Å². The summed E-state index contributed by atoms with van der Waals surface area (Å²) in [7, 11) is 2.22. The number of hydrogen-bond acceptors (Lipinski definition) is 2. The van der Waals surface area contributed by atoms with Crippen LogP contribution in [-0.2, 0) is 0 Å². The molecule has 2 nitrogen and oxygen atoms in total. The average molecular weight is 200 g/mol. The lowest BCUT2D eigenvalue weighted by Crippen LogP contribution is -2.40. The lowest BCUT2D eigenvalue weighted by Gasteiger charge is -2.35. The maximum atomic E-state index is 3.35. The molecule has 1 atom stereocenters. The fourth-order valence-electron chi connectivity index (χ4n) is 1.49. The van der Waals surface area contributed by atoms with Gasteiger partial charge in [-0.3, -0.25) is 0 Å². The highest BCUT2D eigenvalue weighted by Gasteiger charge is 2.23. The van der Waals surface area contributed by atoms with Crippen molar-refractivity contribution in [2.45, 2.75) is 47.1 Å². The number of hydrogen-bond donors (Lipinski definition) is 1. The summed E-state index contributed by atoms with van der Waals surface area (Å²) >= 11 is 0. The molecular weight excluding hydrogens is 172 g/mol. The van der Waals surface area contributed by atoms with E-state index in [0.717, 1.165) is 13.1 Å². The summed E-state index contributed by atoms with van der Waals surface area (Å²) in [6.07, 6.45) is 1.24. The van der Waals surface area contributed by atoms with E-state index in [1.165, 1.54) is 13.0 Å². The number of nitrogens with one attached hydrogen (secondary N) is 1. The Bertz CT molecular complexity index is 138. The van der Waals surface area contributed by atoms with Gasteiger partial charge in [0.05, 0.1) is 0 Å². The molecule has 0 amide bonds. The smallest absolute Gasteiger partial charge is 0.0112 e. The van der Waals surface area contributed by atoms with Gasteiger partial charge in [-0.1, -0.05) is 27.7 Å². The maximum absolute atomic E-state index is 3.35. The van der Waals surface area contributed by atoms with Crippen molar-refractivity contribution in [2.75, 3.05) is 26.7 Å². The van der Waals surface area contributed by atoms with Gasteiger partial charge in [-0.15, -0.1) is 0 Å². The molecule has 0 aliphatic rings. The molecule has 14 heavy (non-hydrogen) atoms. The first-order valence-electron chi connectivity index (χ1n) is 5.80. The molecule has 0 aromatic heterocycles. The Morgan fingerprint density at radius 3 is 2.29 bits per heavy atom. The predicted molar refractivity (Wildman–Crippen MR) is 64.7 cm³/mol. The van der Waals surface area contributed by atoms with E-state index in [-0.39, 0.29) is 0 Å². The van der Waals surface area contributed by atoms with Crippen molar-refractivity contribution in [3.63, 3.8) is 0 Å². The third-order valence-electron chi connectivity index (χ3n) is 3.03. The van der Waals surface area contributed by atoms with Crippen LogP contribution < -0.4 is 5.32 Å². The van der Waals surface area contributed by atoms with Crippen LogP contribution in [0.2, 0.25) is 0 Å². The summed E-state index contributed by atoms with van der Waals surface area (Å²) in [6.45, 7) is 14.8. The molecule has 0 fully saturated rings. The summed E-state index contributed by atoms with van der Waals surface area (Å²) in [5.41, 5.74) is 0.382. The molecule has 1 N–H and O–H groups in total. The molecule has 0 aliphatic heterocycles. The third-order valence-corrected chi connectivity index (χ3v) is 3.03. The molecule has 0 bridgehead atoms. The topological polar surface area (TPSA) is 15.3 Å². The number of rotatable bonds is 6. The van der Waals surface area contributed by atoms with E-state index in [9.17, 15) is 0 Å². The second kappa shape index (κ2) is 6.41. The molecular formula is C12H28N2. The fraction of sp³-hybridized carbons (Fsp3) is 1.00. The lowest BCUT2D eigenvalue weighted by molar-refractivity contribution is 0.140. The van der Waals surface area contributed by atoms with Crippen molar-refractivity contribution in [3.8, 4) is 0 Å². The minimum absolute atomic E-state index is 0.382. The van der Waals surface area contributed by atoms with E-state index in [1.807, 2.05) is 0 Å². The van der Waals surface area contributed by atoms with Gasteiger partial charge in [-0.05, 0) is 45.4 Å². The zero-order chi connectivity index (χ0) is 11.2. The molecule has 2 heteroatoms. The van der Waals surface area contributed by atoms with Crippen LogP contribution in [-0.4, -0.2) is 37.6 Å². The van der Waals surface area contributed by atoms with Crippen molar-refractivity contribution in [3.05, 3.63) is 0 Å².